The lowest BCUT2D eigenvalue weighted by Crippen LogP contribution is -2.48. The highest BCUT2D eigenvalue weighted by atomic mass is 19.1. The van der Waals surface area contributed by atoms with Crippen LogP contribution in [-0.2, 0) is 11.2 Å². The second-order valence-electron chi connectivity index (χ2n) is 7.92. The van der Waals surface area contributed by atoms with Crippen LogP contribution in [0.2, 0.25) is 0 Å². The fourth-order valence-electron chi connectivity index (χ4n) is 3.85. The van der Waals surface area contributed by atoms with E-state index in [4.69, 9.17) is 15.5 Å². The monoisotopic (exact) mass is 460 g/mol. The van der Waals surface area contributed by atoms with Crippen LogP contribution < -0.4 is 15.4 Å². The van der Waals surface area contributed by atoms with Gasteiger partial charge in [-0.25, -0.2) is 9.37 Å². The second kappa shape index (κ2) is 10.2. The zero-order chi connectivity index (χ0) is 24.1. The van der Waals surface area contributed by atoms with Crippen LogP contribution in [0.5, 0.6) is 11.5 Å². The normalized spacial score (nSPS) is 13.4. The number of amides is 2. The Kier molecular flexibility index (Phi) is 6.87. The number of pyridine rings is 1. The van der Waals surface area contributed by atoms with E-state index in [0.717, 1.165) is 11.4 Å². The van der Waals surface area contributed by atoms with Crippen LogP contribution in [0.1, 0.15) is 21.6 Å². The fraction of sp³-hybridized carbons (Fsp3) is 0.192. The first-order chi connectivity index (χ1) is 16.4. The summed E-state index contributed by atoms with van der Waals surface area (Å²) in [5.41, 5.74) is 7.45. The summed E-state index contributed by atoms with van der Waals surface area (Å²) in [6.45, 7) is 5.95. The van der Waals surface area contributed by atoms with Gasteiger partial charge in [0, 0.05) is 38.7 Å². The van der Waals surface area contributed by atoms with Crippen molar-refractivity contribution < 1.29 is 18.7 Å². The van der Waals surface area contributed by atoms with Gasteiger partial charge in [-0.2, -0.15) is 0 Å². The third-order valence-electron chi connectivity index (χ3n) is 5.64. The van der Waals surface area contributed by atoms with Crippen molar-refractivity contribution in [3.05, 3.63) is 96.0 Å². The molecule has 2 aromatic carbocycles. The molecule has 2 amide bonds. The third kappa shape index (κ3) is 5.40. The van der Waals surface area contributed by atoms with Crippen LogP contribution in [-0.4, -0.2) is 47.9 Å². The number of carbonyl (C=O) groups excluding carboxylic acids is 2. The number of nitrogens with two attached hydrogens (primary N) is 1. The molecular formula is C26H25FN4O3. The van der Waals surface area contributed by atoms with Crippen LogP contribution >= 0.6 is 0 Å². The van der Waals surface area contributed by atoms with Gasteiger partial charge in [0.2, 0.25) is 5.91 Å². The second-order valence-corrected chi connectivity index (χ2v) is 7.92. The summed E-state index contributed by atoms with van der Waals surface area (Å²) in [5.74, 6) is 0.722. The van der Waals surface area contributed by atoms with Crippen molar-refractivity contribution in [2.45, 2.75) is 6.42 Å². The highest BCUT2D eigenvalue weighted by Gasteiger charge is 2.21. The van der Waals surface area contributed by atoms with Crippen LogP contribution in [0, 0.1) is 5.82 Å². The lowest BCUT2D eigenvalue weighted by Gasteiger charge is -2.35. The average molecular weight is 461 g/mol. The molecule has 0 unspecified atom stereocenters. The van der Waals surface area contributed by atoms with E-state index in [0.29, 0.717) is 55.4 Å². The van der Waals surface area contributed by atoms with Crippen molar-refractivity contribution in [3.8, 4) is 11.5 Å². The highest BCUT2D eigenvalue weighted by Crippen LogP contribution is 2.24. The lowest BCUT2D eigenvalue weighted by atomic mass is 10.0. The molecule has 0 aliphatic carbocycles. The number of rotatable bonds is 7. The van der Waals surface area contributed by atoms with Gasteiger partial charge in [-0.1, -0.05) is 24.8 Å². The van der Waals surface area contributed by atoms with Crippen LogP contribution in [0.4, 0.5) is 10.2 Å². The van der Waals surface area contributed by atoms with Crippen molar-refractivity contribution in [3.63, 3.8) is 0 Å². The number of aromatic nitrogens is 1. The number of benzene rings is 2. The summed E-state index contributed by atoms with van der Waals surface area (Å²) >= 11 is 0. The number of hydrogen-bond acceptors (Lipinski definition) is 5. The highest BCUT2D eigenvalue weighted by molar-refractivity contribution is 5.94. The Morgan fingerprint density at radius 2 is 1.76 bits per heavy atom. The van der Waals surface area contributed by atoms with Crippen LogP contribution in [0.15, 0.2) is 73.3 Å². The molecule has 1 aliphatic rings. The zero-order valence-corrected chi connectivity index (χ0v) is 18.6. The van der Waals surface area contributed by atoms with E-state index in [9.17, 15) is 14.0 Å². The lowest BCUT2D eigenvalue weighted by molar-refractivity contribution is -0.126. The topological polar surface area (TPSA) is 88.8 Å². The molecule has 7 nitrogen and oxygen atoms in total. The van der Waals surface area contributed by atoms with E-state index in [1.165, 1.54) is 18.2 Å². The molecule has 0 radical (unpaired) electrons. The van der Waals surface area contributed by atoms with E-state index < -0.39 is 5.91 Å². The van der Waals surface area contributed by atoms with Gasteiger partial charge >= 0.3 is 0 Å². The Morgan fingerprint density at radius 3 is 2.41 bits per heavy atom. The van der Waals surface area contributed by atoms with Crippen molar-refractivity contribution >= 4 is 17.6 Å². The molecule has 1 aromatic heterocycles. The maximum absolute atomic E-state index is 13.4. The number of primary amides is 1. The Hall–Kier alpha value is -4.20. The Labute approximate surface area is 197 Å². The van der Waals surface area contributed by atoms with Crippen molar-refractivity contribution in [1.82, 2.24) is 9.88 Å². The van der Waals surface area contributed by atoms with E-state index >= 15 is 0 Å². The molecule has 0 spiro atoms. The Balaban J connectivity index is 1.49. The number of halogens is 1. The first-order valence-corrected chi connectivity index (χ1v) is 10.9. The molecule has 4 rings (SSSR count). The first-order valence-electron chi connectivity index (χ1n) is 10.9. The van der Waals surface area contributed by atoms with E-state index in [-0.39, 0.29) is 11.7 Å². The van der Waals surface area contributed by atoms with Gasteiger partial charge < -0.3 is 20.3 Å². The SMILES string of the molecule is C=CC(=O)N1CCN(c2ccc(C(N)=O)c(Cc3ccc(Oc4cccc(F)c4)cc3)n2)CC1. The summed E-state index contributed by atoms with van der Waals surface area (Å²) in [6.07, 6.45) is 1.73. The minimum absolute atomic E-state index is 0.0813. The molecule has 1 fully saturated rings. The zero-order valence-electron chi connectivity index (χ0n) is 18.6. The minimum atomic E-state index is -0.540. The van der Waals surface area contributed by atoms with Gasteiger partial charge in [0.1, 0.15) is 23.1 Å². The molecule has 1 saturated heterocycles. The number of ether oxygens (including phenoxy) is 1. The maximum Gasteiger partial charge on any atom is 0.250 e. The predicted molar refractivity (Wildman–Crippen MR) is 127 cm³/mol. The summed E-state index contributed by atoms with van der Waals surface area (Å²) in [4.78, 5) is 32.4. The molecule has 174 valence electrons. The summed E-state index contributed by atoms with van der Waals surface area (Å²) in [6, 6.07) is 16.7. The van der Waals surface area contributed by atoms with Crippen molar-refractivity contribution in [2.24, 2.45) is 5.73 Å². The smallest absolute Gasteiger partial charge is 0.250 e. The number of hydrogen-bond donors (Lipinski definition) is 1. The molecule has 0 atom stereocenters. The molecule has 2 heterocycles. The molecular weight excluding hydrogens is 435 g/mol. The summed E-state index contributed by atoms with van der Waals surface area (Å²) < 4.78 is 19.1. The Bertz CT molecular complexity index is 1200. The minimum Gasteiger partial charge on any atom is -0.457 e. The quantitative estimate of drug-likeness (QED) is 0.545. The van der Waals surface area contributed by atoms with Crippen molar-refractivity contribution in [2.75, 3.05) is 31.1 Å². The van der Waals surface area contributed by atoms with Gasteiger partial charge in [-0.15, -0.1) is 0 Å². The van der Waals surface area contributed by atoms with Gasteiger partial charge in [-0.05, 0) is 48.0 Å². The predicted octanol–water partition coefficient (Wildman–Crippen LogP) is 3.54. The van der Waals surface area contributed by atoms with Gasteiger partial charge in [0.25, 0.3) is 5.91 Å². The molecule has 0 bridgehead atoms. The van der Waals surface area contributed by atoms with Crippen LogP contribution in [0.25, 0.3) is 0 Å². The molecule has 3 aromatic rings. The fourth-order valence-corrected chi connectivity index (χ4v) is 3.85. The third-order valence-corrected chi connectivity index (χ3v) is 5.64. The van der Waals surface area contributed by atoms with E-state index in [1.54, 1.807) is 41.3 Å². The van der Waals surface area contributed by atoms with Crippen LogP contribution in [0.3, 0.4) is 0 Å². The van der Waals surface area contributed by atoms with E-state index in [2.05, 4.69) is 11.5 Å². The van der Waals surface area contributed by atoms with Crippen molar-refractivity contribution in [1.29, 1.82) is 0 Å². The number of piperazine rings is 1. The summed E-state index contributed by atoms with van der Waals surface area (Å²) in [7, 11) is 0. The number of anilines is 1. The van der Waals surface area contributed by atoms with Gasteiger partial charge in [0.05, 0.1) is 11.3 Å². The molecule has 34 heavy (non-hydrogen) atoms. The maximum atomic E-state index is 13.4. The Morgan fingerprint density at radius 1 is 1.03 bits per heavy atom. The number of nitrogens with zero attached hydrogens (tertiary/aromatic N) is 3. The van der Waals surface area contributed by atoms with Gasteiger partial charge in [-0.3, -0.25) is 9.59 Å². The standard InChI is InChI=1S/C26H25FN4O3/c1-2-25(32)31-14-12-30(13-15-31)24-11-10-22(26(28)33)23(29-24)16-18-6-8-20(9-7-18)34-21-5-3-4-19(27)17-21/h2-11,17H,1,12-16H2,(H2,28,33). The van der Waals surface area contributed by atoms with Gasteiger partial charge in [0.15, 0.2) is 0 Å². The molecule has 2 N–H and O–H groups in total. The summed E-state index contributed by atoms with van der Waals surface area (Å²) in [5, 5.41) is 0. The van der Waals surface area contributed by atoms with E-state index in [1.807, 2.05) is 12.1 Å². The first kappa shape index (κ1) is 23.0. The molecule has 0 saturated carbocycles. The largest absolute Gasteiger partial charge is 0.457 e. The molecule has 1 aliphatic heterocycles. The number of carbonyl (C=O) groups is 2. The average Bonchev–Trinajstić information content (AvgIpc) is 2.85. The molecule has 8 heteroatoms.